The van der Waals surface area contributed by atoms with Gasteiger partial charge in [-0.05, 0) is 25.1 Å². The second-order valence-electron chi connectivity index (χ2n) is 8.36. The summed E-state index contributed by atoms with van der Waals surface area (Å²) in [6.07, 6.45) is 0. The van der Waals surface area contributed by atoms with E-state index >= 15 is 0 Å². The van der Waals surface area contributed by atoms with E-state index in [0.29, 0.717) is 30.4 Å². The van der Waals surface area contributed by atoms with Crippen LogP contribution in [0, 0.1) is 6.92 Å². The van der Waals surface area contributed by atoms with Gasteiger partial charge in [0.05, 0.1) is 29.1 Å². The van der Waals surface area contributed by atoms with Gasteiger partial charge >= 0.3 is 0 Å². The minimum atomic E-state index is -0.473. The van der Waals surface area contributed by atoms with Crippen LogP contribution in [0.5, 0.6) is 0 Å². The summed E-state index contributed by atoms with van der Waals surface area (Å²) in [5.74, 6) is 0.0854. The molecule has 0 saturated carbocycles. The summed E-state index contributed by atoms with van der Waals surface area (Å²) in [5.41, 5.74) is 1.19. The number of anilines is 2. The maximum Gasteiger partial charge on any atom is 0.264 e. The molecule has 1 saturated heterocycles. The third-order valence-corrected chi connectivity index (χ3v) is 6.03. The average Bonchev–Trinajstić information content (AvgIpc) is 3.11. The number of nitrogens with one attached hydrogen (secondary N) is 2. The Hall–Kier alpha value is -2.78. The largest absolute Gasteiger partial charge is 0.378 e. The Kier molecular flexibility index (Phi) is 5.33. The third-order valence-electron chi connectivity index (χ3n) is 4.95. The fourth-order valence-electron chi connectivity index (χ4n) is 3.28. The van der Waals surface area contributed by atoms with E-state index in [4.69, 9.17) is 4.74 Å². The Morgan fingerprint density at radius 3 is 2.63 bits per heavy atom. The highest BCUT2D eigenvalue weighted by Gasteiger charge is 2.22. The average molecular weight is 428 g/mol. The number of hydrogen-bond acceptors (Lipinski definition) is 7. The first-order valence-corrected chi connectivity index (χ1v) is 10.7. The number of rotatable bonds is 3. The van der Waals surface area contributed by atoms with E-state index in [-0.39, 0.29) is 11.0 Å². The van der Waals surface area contributed by atoms with Crippen LogP contribution >= 0.6 is 11.3 Å². The number of aromatic nitrogens is 3. The molecular formula is C21H25N5O3S. The third kappa shape index (κ3) is 4.08. The molecule has 0 spiro atoms. The van der Waals surface area contributed by atoms with Gasteiger partial charge in [0.1, 0.15) is 11.4 Å². The Bertz CT molecular complexity index is 1160. The van der Waals surface area contributed by atoms with Crippen molar-refractivity contribution in [2.75, 3.05) is 36.5 Å². The van der Waals surface area contributed by atoms with E-state index in [2.05, 4.69) is 25.2 Å². The second-order valence-corrected chi connectivity index (χ2v) is 9.37. The lowest BCUT2D eigenvalue weighted by Crippen LogP contribution is -2.36. The van der Waals surface area contributed by atoms with Gasteiger partial charge in [0.2, 0.25) is 0 Å². The van der Waals surface area contributed by atoms with Crippen LogP contribution in [0.25, 0.3) is 10.2 Å². The van der Waals surface area contributed by atoms with Gasteiger partial charge in [0, 0.05) is 24.2 Å². The van der Waals surface area contributed by atoms with E-state index in [1.54, 1.807) is 24.3 Å². The molecule has 0 unspecified atom stereocenters. The van der Waals surface area contributed by atoms with E-state index in [0.717, 1.165) is 28.4 Å². The normalized spacial score (nSPS) is 14.9. The smallest absolute Gasteiger partial charge is 0.264 e. The number of carbonyl (C=O) groups excluding carboxylic acids is 1. The zero-order chi connectivity index (χ0) is 21.5. The molecule has 3 heterocycles. The maximum atomic E-state index is 12.8. The van der Waals surface area contributed by atoms with E-state index in [1.807, 2.05) is 32.9 Å². The summed E-state index contributed by atoms with van der Waals surface area (Å²) in [4.78, 5) is 39.4. The highest BCUT2D eigenvalue weighted by atomic mass is 32.1. The van der Waals surface area contributed by atoms with E-state index in [9.17, 15) is 9.59 Å². The molecule has 1 aliphatic heterocycles. The number of nitrogens with zero attached hydrogens (tertiary/aromatic N) is 3. The molecule has 4 rings (SSSR count). The minimum absolute atomic E-state index is 0.0291. The van der Waals surface area contributed by atoms with Crippen molar-refractivity contribution in [3.63, 3.8) is 0 Å². The number of carbonyl (C=O) groups is 1. The molecule has 0 radical (unpaired) electrons. The number of ether oxygens (including phenoxy) is 1. The fraction of sp³-hybridized carbons (Fsp3) is 0.429. The molecule has 3 aromatic rings. The zero-order valence-electron chi connectivity index (χ0n) is 17.5. The number of hydrogen-bond donors (Lipinski definition) is 2. The quantitative estimate of drug-likeness (QED) is 0.666. The molecule has 30 heavy (non-hydrogen) atoms. The lowest BCUT2D eigenvalue weighted by molar-refractivity contribution is 0.102. The van der Waals surface area contributed by atoms with Crippen LogP contribution in [0.3, 0.4) is 0 Å². The van der Waals surface area contributed by atoms with Crippen LogP contribution in [0.15, 0.2) is 23.0 Å². The van der Waals surface area contributed by atoms with Crippen LogP contribution in [0.4, 0.5) is 10.8 Å². The van der Waals surface area contributed by atoms with Crippen molar-refractivity contribution in [1.82, 2.24) is 15.0 Å². The fourth-order valence-corrected chi connectivity index (χ4v) is 4.34. The van der Waals surface area contributed by atoms with Crippen molar-refractivity contribution < 1.29 is 9.53 Å². The second kappa shape index (κ2) is 7.81. The number of fused-ring (bicyclic) bond motifs is 1. The summed E-state index contributed by atoms with van der Waals surface area (Å²) >= 11 is 1.58. The summed E-state index contributed by atoms with van der Waals surface area (Å²) < 4.78 is 6.37. The molecule has 0 aliphatic carbocycles. The minimum Gasteiger partial charge on any atom is -0.378 e. The monoisotopic (exact) mass is 427 g/mol. The summed E-state index contributed by atoms with van der Waals surface area (Å²) in [7, 11) is 0. The first-order valence-electron chi connectivity index (χ1n) is 9.88. The van der Waals surface area contributed by atoms with Crippen molar-refractivity contribution in [2.24, 2.45) is 0 Å². The van der Waals surface area contributed by atoms with Crippen LogP contribution in [0.1, 0.15) is 42.6 Å². The Morgan fingerprint density at radius 1 is 1.23 bits per heavy atom. The number of benzene rings is 1. The molecule has 0 bridgehead atoms. The van der Waals surface area contributed by atoms with Crippen molar-refractivity contribution >= 4 is 38.3 Å². The molecule has 1 fully saturated rings. The summed E-state index contributed by atoms with van der Waals surface area (Å²) in [5, 5.41) is 3.78. The number of thiazole rings is 1. The van der Waals surface area contributed by atoms with Crippen molar-refractivity contribution in [3.05, 3.63) is 45.6 Å². The van der Waals surface area contributed by atoms with Crippen molar-refractivity contribution in [2.45, 2.75) is 33.1 Å². The molecule has 1 amide bonds. The van der Waals surface area contributed by atoms with Gasteiger partial charge in [-0.3, -0.25) is 9.59 Å². The molecule has 9 heteroatoms. The van der Waals surface area contributed by atoms with Crippen LogP contribution < -0.4 is 15.8 Å². The molecule has 2 aromatic heterocycles. The van der Waals surface area contributed by atoms with Gasteiger partial charge < -0.3 is 19.9 Å². The summed E-state index contributed by atoms with van der Waals surface area (Å²) in [6, 6.07) is 5.56. The van der Waals surface area contributed by atoms with Gasteiger partial charge in [0.15, 0.2) is 5.13 Å². The predicted molar refractivity (Wildman–Crippen MR) is 119 cm³/mol. The first-order chi connectivity index (χ1) is 14.2. The van der Waals surface area contributed by atoms with Gasteiger partial charge in [-0.15, -0.1) is 0 Å². The highest BCUT2D eigenvalue weighted by Crippen LogP contribution is 2.31. The van der Waals surface area contributed by atoms with E-state index in [1.165, 1.54) is 0 Å². The topological polar surface area (TPSA) is 100 Å². The molecule has 8 nitrogen and oxygen atoms in total. The molecule has 1 aromatic carbocycles. The molecule has 0 atom stereocenters. The van der Waals surface area contributed by atoms with Gasteiger partial charge in [-0.2, -0.15) is 0 Å². The maximum absolute atomic E-state index is 12.8. The van der Waals surface area contributed by atoms with Gasteiger partial charge in [-0.25, -0.2) is 9.97 Å². The van der Waals surface area contributed by atoms with Gasteiger partial charge in [-0.1, -0.05) is 32.1 Å². The number of amides is 1. The van der Waals surface area contributed by atoms with Crippen LogP contribution in [-0.2, 0) is 10.2 Å². The number of H-pyrrole nitrogens is 1. The molecular weight excluding hydrogens is 402 g/mol. The van der Waals surface area contributed by atoms with Crippen molar-refractivity contribution in [1.29, 1.82) is 0 Å². The Balaban J connectivity index is 1.58. The number of morpholine rings is 1. The first kappa shape index (κ1) is 20.5. The highest BCUT2D eigenvalue weighted by molar-refractivity contribution is 7.22. The zero-order valence-corrected chi connectivity index (χ0v) is 18.4. The SMILES string of the molecule is Cc1nc(C(C)(C)C)[nH]c(=O)c1C(=O)Nc1ccc2nc(N3CCOCC3)sc2c1. The number of aryl methyl sites for hydroxylation is 1. The van der Waals surface area contributed by atoms with E-state index < -0.39 is 11.5 Å². The van der Waals surface area contributed by atoms with Crippen LogP contribution in [-0.4, -0.2) is 47.2 Å². The molecule has 1 aliphatic rings. The van der Waals surface area contributed by atoms with Crippen molar-refractivity contribution in [3.8, 4) is 0 Å². The standard InChI is InChI=1S/C21H25N5O3S/c1-12-16(18(28)25-19(22-12)21(2,3)4)17(27)23-13-5-6-14-15(11-13)30-20(24-14)26-7-9-29-10-8-26/h5-6,11H,7-10H2,1-4H3,(H,23,27)(H,22,25,28). The lowest BCUT2D eigenvalue weighted by atomic mass is 9.95. The molecule has 2 N–H and O–H groups in total. The van der Waals surface area contributed by atoms with Gasteiger partial charge in [0.25, 0.3) is 11.5 Å². The lowest BCUT2D eigenvalue weighted by Gasteiger charge is -2.25. The predicted octanol–water partition coefficient (Wildman–Crippen LogP) is 3.07. The Morgan fingerprint density at radius 2 is 1.97 bits per heavy atom. The Labute approximate surface area is 178 Å². The van der Waals surface area contributed by atoms with Crippen LogP contribution in [0.2, 0.25) is 0 Å². The summed E-state index contributed by atoms with van der Waals surface area (Å²) in [6.45, 7) is 10.6. The number of aromatic amines is 1. The molecule has 158 valence electrons.